The molecule has 0 bridgehead atoms. The quantitative estimate of drug-likeness (QED) is 0.781. The molecule has 1 N–H and O–H groups in total. The van der Waals surface area contributed by atoms with Crippen LogP contribution in [0.1, 0.15) is 56.6 Å². The predicted molar refractivity (Wildman–Crippen MR) is 74.3 cm³/mol. The molecule has 1 aliphatic carbocycles. The van der Waals surface area contributed by atoms with Gasteiger partial charge in [0.05, 0.1) is 0 Å². The Labute approximate surface area is 114 Å². The molecule has 1 aliphatic rings. The van der Waals surface area contributed by atoms with Crippen LogP contribution in [0, 0.1) is 5.92 Å². The van der Waals surface area contributed by atoms with Gasteiger partial charge < -0.3 is 5.32 Å². The second-order valence-corrected chi connectivity index (χ2v) is 5.65. The molecule has 1 aromatic rings. The maximum atomic E-state index is 12.6. The molecule has 1 fully saturated rings. The molecule has 1 saturated carbocycles. The Bertz CT molecular complexity index is 392. The fourth-order valence-electron chi connectivity index (χ4n) is 2.88. The number of hydrogen-bond acceptors (Lipinski definition) is 1. The molecule has 2 rings (SSSR count). The van der Waals surface area contributed by atoms with Gasteiger partial charge in [0.15, 0.2) is 0 Å². The first-order valence-electron chi connectivity index (χ1n) is 7.27. The highest BCUT2D eigenvalue weighted by molar-refractivity contribution is 5.24. The molecule has 0 aliphatic heterocycles. The normalized spacial score (nSPS) is 24.4. The molecule has 2 atom stereocenters. The van der Waals surface area contributed by atoms with E-state index in [9.17, 15) is 8.78 Å². The van der Waals surface area contributed by atoms with Crippen molar-refractivity contribution in [2.24, 2.45) is 5.92 Å². The van der Waals surface area contributed by atoms with Gasteiger partial charge >= 0.3 is 0 Å². The lowest BCUT2D eigenvalue weighted by Crippen LogP contribution is -2.33. The van der Waals surface area contributed by atoms with Gasteiger partial charge in [-0.1, -0.05) is 44.4 Å². The maximum Gasteiger partial charge on any atom is 0.263 e. The summed E-state index contributed by atoms with van der Waals surface area (Å²) in [6.45, 7) is 2.98. The van der Waals surface area contributed by atoms with Crippen LogP contribution in [0.25, 0.3) is 0 Å². The largest absolute Gasteiger partial charge is 0.310 e. The summed E-state index contributed by atoms with van der Waals surface area (Å²) in [5.74, 6) is 0.681. The van der Waals surface area contributed by atoms with E-state index >= 15 is 0 Å². The van der Waals surface area contributed by atoms with Gasteiger partial charge in [0.25, 0.3) is 6.43 Å². The lowest BCUT2D eigenvalue weighted by atomic mass is 9.96. The summed E-state index contributed by atoms with van der Waals surface area (Å²) in [5, 5.41) is 3.55. The molecular weight excluding hydrogens is 244 g/mol. The summed E-state index contributed by atoms with van der Waals surface area (Å²) in [4.78, 5) is 0. The maximum absolute atomic E-state index is 12.6. The SMILES string of the molecule is CC1CCCCCC1NCc1cccc(C(F)F)c1. The van der Waals surface area contributed by atoms with E-state index in [2.05, 4.69) is 12.2 Å². The van der Waals surface area contributed by atoms with Crippen LogP contribution >= 0.6 is 0 Å². The molecule has 0 heterocycles. The van der Waals surface area contributed by atoms with Gasteiger partial charge in [-0.3, -0.25) is 0 Å². The fraction of sp³-hybridized carbons (Fsp3) is 0.625. The van der Waals surface area contributed by atoms with E-state index in [1.54, 1.807) is 12.1 Å². The van der Waals surface area contributed by atoms with Crippen molar-refractivity contribution in [1.82, 2.24) is 5.32 Å². The average molecular weight is 267 g/mol. The van der Waals surface area contributed by atoms with E-state index in [1.807, 2.05) is 6.07 Å². The van der Waals surface area contributed by atoms with Crippen molar-refractivity contribution in [3.8, 4) is 0 Å². The van der Waals surface area contributed by atoms with E-state index in [-0.39, 0.29) is 5.56 Å². The zero-order chi connectivity index (χ0) is 13.7. The average Bonchev–Trinajstić information content (AvgIpc) is 2.61. The molecule has 0 amide bonds. The Morgan fingerprint density at radius 2 is 2.00 bits per heavy atom. The molecule has 1 aromatic carbocycles. The first-order valence-corrected chi connectivity index (χ1v) is 7.27. The molecule has 3 heteroatoms. The van der Waals surface area contributed by atoms with Crippen LogP contribution < -0.4 is 5.32 Å². The number of halogens is 2. The Morgan fingerprint density at radius 1 is 1.21 bits per heavy atom. The Morgan fingerprint density at radius 3 is 2.79 bits per heavy atom. The van der Waals surface area contributed by atoms with Crippen molar-refractivity contribution in [3.05, 3.63) is 35.4 Å². The van der Waals surface area contributed by atoms with Crippen LogP contribution in [0.15, 0.2) is 24.3 Å². The number of rotatable bonds is 4. The summed E-state index contributed by atoms with van der Waals surface area (Å²) in [7, 11) is 0. The van der Waals surface area contributed by atoms with Crippen LogP contribution in [0.4, 0.5) is 8.78 Å². The van der Waals surface area contributed by atoms with Gasteiger partial charge in [-0.05, 0) is 30.4 Å². The number of hydrogen-bond donors (Lipinski definition) is 1. The highest BCUT2D eigenvalue weighted by Crippen LogP contribution is 2.24. The molecule has 0 saturated heterocycles. The van der Waals surface area contributed by atoms with E-state index in [0.717, 1.165) is 5.56 Å². The third kappa shape index (κ3) is 4.27. The van der Waals surface area contributed by atoms with E-state index in [0.29, 0.717) is 18.5 Å². The number of benzene rings is 1. The minimum Gasteiger partial charge on any atom is -0.310 e. The van der Waals surface area contributed by atoms with Crippen molar-refractivity contribution < 1.29 is 8.78 Å². The van der Waals surface area contributed by atoms with E-state index in [1.165, 1.54) is 38.2 Å². The predicted octanol–water partition coefficient (Wildman–Crippen LogP) is 4.68. The first-order chi connectivity index (χ1) is 9.16. The number of alkyl halides is 2. The van der Waals surface area contributed by atoms with Crippen LogP contribution in [-0.4, -0.2) is 6.04 Å². The van der Waals surface area contributed by atoms with E-state index < -0.39 is 6.43 Å². The number of nitrogens with one attached hydrogen (secondary N) is 1. The van der Waals surface area contributed by atoms with Crippen molar-refractivity contribution >= 4 is 0 Å². The minimum absolute atomic E-state index is 0.119. The Hall–Kier alpha value is -0.960. The molecule has 19 heavy (non-hydrogen) atoms. The first kappa shape index (κ1) is 14.4. The van der Waals surface area contributed by atoms with Crippen LogP contribution in [-0.2, 0) is 6.54 Å². The van der Waals surface area contributed by atoms with Crippen molar-refractivity contribution in [2.45, 2.75) is 58.0 Å². The van der Waals surface area contributed by atoms with Crippen molar-refractivity contribution in [2.75, 3.05) is 0 Å². The molecule has 0 spiro atoms. The van der Waals surface area contributed by atoms with Crippen LogP contribution in [0.5, 0.6) is 0 Å². The zero-order valence-electron chi connectivity index (χ0n) is 11.5. The fourth-order valence-corrected chi connectivity index (χ4v) is 2.88. The highest BCUT2D eigenvalue weighted by atomic mass is 19.3. The third-order valence-corrected chi connectivity index (χ3v) is 4.13. The monoisotopic (exact) mass is 267 g/mol. The third-order valence-electron chi connectivity index (χ3n) is 4.13. The lowest BCUT2D eigenvalue weighted by molar-refractivity contribution is 0.151. The summed E-state index contributed by atoms with van der Waals surface area (Å²) in [6, 6.07) is 7.26. The van der Waals surface area contributed by atoms with Crippen molar-refractivity contribution in [1.29, 1.82) is 0 Å². The summed E-state index contributed by atoms with van der Waals surface area (Å²) < 4.78 is 25.3. The topological polar surface area (TPSA) is 12.0 Å². The molecule has 2 unspecified atom stereocenters. The lowest BCUT2D eigenvalue weighted by Gasteiger charge is -2.23. The van der Waals surface area contributed by atoms with Crippen LogP contribution in [0.3, 0.4) is 0 Å². The van der Waals surface area contributed by atoms with E-state index in [4.69, 9.17) is 0 Å². The second kappa shape index (κ2) is 6.99. The molecular formula is C16H23F2N. The zero-order valence-corrected chi connectivity index (χ0v) is 11.5. The van der Waals surface area contributed by atoms with Gasteiger partial charge in [0, 0.05) is 18.2 Å². The molecule has 106 valence electrons. The van der Waals surface area contributed by atoms with Gasteiger partial charge in [-0.15, -0.1) is 0 Å². The van der Waals surface area contributed by atoms with Crippen LogP contribution in [0.2, 0.25) is 0 Å². The van der Waals surface area contributed by atoms with Gasteiger partial charge in [0.2, 0.25) is 0 Å². The van der Waals surface area contributed by atoms with Gasteiger partial charge in [-0.25, -0.2) is 8.78 Å². The van der Waals surface area contributed by atoms with Crippen molar-refractivity contribution in [3.63, 3.8) is 0 Å². The smallest absolute Gasteiger partial charge is 0.263 e. The summed E-state index contributed by atoms with van der Waals surface area (Å²) >= 11 is 0. The standard InChI is InChI=1S/C16H23F2N/c1-12-6-3-2-4-9-15(12)19-11-13-7-5-8-14(10-13)16(17)18/h5,7-8,10,12,15-16,19H,2-4,6,9,11H2,1H3. The van der Waals surface area contributed by atoms with Gasteiger partial charge in [-0.2, -0.15) is 0 Å². The summed E-state index contributed by atoms with van der Waals surface area (Å²) in [5.41, 5.74) is 1.07. The molecule has 1 nitrogen and oxygen atoms in total. The minimum atomic E-state index is -2.38. The molecule has 0 radical (unpaired) electrons. The molecule has 0 aromatic heterocycles. The summed E-state index contributed by atoms with van der Waals surface area (Å²) in [6.07, 6.45) is 4.02. The Kier molecular flexibility index (Phi) is 5.32. The second-order valence-electron chi connectivity index (χ2n) is 5.65. The highest BCUT2D eigenvalue weighted by Gasteiger charge is 2.19. The van der Waals surface area contributed by atoms with Gasteiger partial charge in [0.1, 0.15) is 0 Å². The Balaban J connectivity index is 1.92.